The van der Waals surface area contributed by atoms with Crippen LogP contribution in [0.5, 0.6) is 0 Å². The van der Waals surface area contributed by atoms with Crippen LogP contribution in [0, 0.1) is 0 Å². The van der Waals surface area contributed by atoms with Gasteiger partial charge < -0.3 is 18.9 Å². The third-order valence-electron chi connectivity index (χ3n) is 17.0. The predicted octanol–water partition coefficient (Wildman–Crippen LogP) is 24.1. The Morgan fingerprint density at radius 1 is 0.357 bits per heavy atom. The Morgan fingerprint density at radius 2 is 0.607 bits per heavy atom. The fourth-order valence-electron chi connectivity index (χ4n) is 11.2. The second-order valence-electron chi connectivity index (χ2n) is 26.7. The smallest absolute Gasteiger partial charge is 0.462 e. The van der Waals surface area contributed by atoms with Crippen molar-refractivity contribution in [3.05, 3.63) is 24.3 Å². The number of carbonyl (C=O) groups is 2. The molecule has 0 spiro atoms. The van der Waals surface area contributed by atoms with Gasteiger partial charge in [0.05, 0.1) is 27.7 Å². The molecule has 9 nitrogen and oxygen atoms in total. The summed E-state index contributed by atoms with van der Waals surface area (Å²) < 4.78 is 34.8. The molecule has 10 heteroatoms. The molecule has 0 heterocycles. The number of quaternary nitrogens is 1. The van der Waals surface area contributed by atoms with E-state index in [1.807, 2.05) is 21.1 Å². The van der Waals surface area contributed by atoms with Crippen molar-refractivity contribution >= 4 is 19.8 Å². The van der Waals surface area contributed by atoms with Gasteiger partial charge >= 0.3 is 19.8 Å². The molecule has 0 aromatic rings. The summed E-state index contributed by atoms with van der Waals surface area (Å²) in [6, 6.07) is 0. The van der Waals surface area contributed by atoms with Crippen LogP contribution in [0.2, 0.25) is 0 Å². The molecule has 0 aliphatic carbocycles. The van der Waals surface area contributed by atoms with Gasteiger partial charge in [-0.2, -0.15) is 0 Å². The predicted molar refractivity (Wildman–Crippen MR) is 363 cm³/mol. The van der Waals surface area contributed by atoms with Crippen LogP contribution in [0.15, 0.2) is 24.3 Å². The zero-order valence-corrected chi connectivity index (χ0v) is 57.8. The van der Waals surface area contributed by atoms with Crippen LogP contribution in [-0.4, -0.2) is 74.9 Å². The van der Waals surface area contributed by atoms with E-state index in [0.29, 0.717) is 23.9 Å². The highest BCUT2D eigenvalue weighted by Gasteiger charge is 2.27. The first-order chi connectivity index (χ1) is 41.0. The lowest BCUT2D eigenvalue weighted by Gasteiger charge is -2.24. The van der Waals surface area contributed by atoms with Crippen molar-refractivity contribution in [3.8, 4) is 0 Å². The van der Waals surface area contributed by atoms with Gasteiger partial charge in [-0.1, -0.05) is 334 Å². The molecule has 498 valence electrons. The first-order valence-corrected chi connectivity index (χ1v) is 38.6. The number of hydrogen-bond acceptors (Lipinski definition) is 7. The van der Waals surface area contributed by atoms with E-state index in [1.165, 1.54) is 321 Å². The van der Waals surface area contributed by atoms with E-state index in [1.54, 1.807) is 0 Å². The van der Waals surface area contributed by atoms with Gasteiger partial charge in [0.25, 0.3) is 0 Å². The number of rotatable bonds is 70. The molecular weight excluding hydrogens is 1060 g/mol. The number of ether oxygens (including phenoxy) is 2. The molecule has 0 amide bonds. The molecule has 2 unspecified atom stereocenters. The molecule has 0 aromatic carbocycles. The largest absolute Gasteiger partial charge is 0.472 e. The van der Waals surface area contributed by atoms with Crippen LogP contribution in [0.25, 0.3) is 0 Å². The van der Waals surface area contributed by atoms with Gasteiger partial charge in [-0.05, 0) is 64.2 Å². The molecule has 0 aliphatic heterocycles. The van der Waals surface area contributed by atoms with E-state index in [9.17, 15) is 19.0 Å². The van der Waals surface area contributed by atoms with Crippen molar-refractivity contribution in [2.75, 3.05) is 47.5 Å². The van der Waals surface area contributed by atoms with Crippen molar-refractivity contribution in [2.24, 2.45) is 0 Å². The van der Waals surface area contributed by atoms with Gasteiger partial charge in [-0.3, -0.25) is 18.6 Å². The summed E-state index contributed by atoms with van der Waals surface area (Å²) in [5.41, 5.74) is 0. The van der Waals surface area contributed by atoms with Gasteiger partial charge in [0.15, 0.2) is 6.10 Å². The molecule has 84 heavy (non-hydrogen) atoms. The lowest BCUT2D eigenvalue weighted by Crippen LogP contribution is -2.37. The molecule has 0 saturated heterocycles. The monoisotopic (exact) mass is 1210 g/mol. The average Bonchev–Trinajstić information content (AvgIpc) is 3.61. The normalized spacial score (nSPS) is 13.2. The standard InChI is InChI=1S/C74H144NO8P/c1-6-8-10-12-14-16-18-20-22-24-26-28-30-32-34-36-37-39-41-43-45-47-49-51-53-55-57-59-61-63-65-67-74(77)83-72(71-82-84(78,79)81-69-68-75(3,4)5)70-80-73(76)66-64-62-60-58-56-54-52-50-48-46-44-42-40-38-35-33-31-29-27-25-23-21-19-17-15-13-11-9-7-2/h24-27,72H,6-23,28-71H2,1-5H3/p+1/b26-24-,27-25-. The summed E-state index contributed by atoms with van der Waals surface area (Å²) in [5.74, 6) is -0.772. The van der Waals surface area contributed by atoms with Gasteiger partial charge in [-0.15, -0.1) is 0 Å². The maximum Gasteiger partial charge on any atom is 0.472 e. The highest BCUT2D eigenvalue weighted by Crippen LogP contribution is 2.43. The number of esters is 2. The molecule has 0 fully saturated rings. The Hall–Kier alpha value is -1.51. The Morgan fingerprint density at radius 3 is 0.881 bits per heavy atom. The number of unbranched alkanes of at least 4 members (excludes halogenated alkanes) is 52. The van der Waals surface area contributed by atoms with E-state index in [0.717, 1.165) is 32.1 Å². The summed E-state index contributed by atoms with van der Waals surface area (Å²) in [5, 5.41) is 0. The molecule has 0 radical (unpaired) electrons. The molecule has 0 rings (SSSR count). The van der Waals surface area contributed by atoms with Crippen molar-refractivity contribution in [3.63, 3.8) is 0 Å². The molecule has 2 atom stereocenters. The second-order valence-corrected chi connectivity index (χ2v) is 28.1. The van der Waals surface area contributed by atoms with Gasteiger partial charge in [0.2, 0.25) is 0 Å². The van der Waals surface area contributed by atoms with Crippen LogP contribution >= 0.6 is 7.82 Å². The summed E-state index contributed by atoms with van der Waals surface area (Å²) in [4.78, 5) is 35.9. The van der Waals surface area contributed by atoms with E-state index in [2.05, 4.69) is 38.2 Å². The van der Waals surface area contributed by atoms with Crippen LogP contribution < -0.4 is 0 Å². The van der Waals surface area contributed by atoms with Crippen molar-refractivity contribution in [2.45, 2.75) is 392 Å². The van der Waals surface area contributed by atoms with Gasteiger partial charge in [0.1, 0.15) is 19.8 Å². The van der Waals surface area contributed by atoms with Crippen LogP contribution in [-0.2, 0) is 32.7 Å². The number of likely N-dealkylation sites (N-methyl/N-ethyl adjacent to an activating group) is 1. The average molecular weight is 1210 g/mol. The molecule has 0 aromatic heterocycles. The number of hydrogen-bond donors (Lipinski definition) is 1. The number of allylic oxidation sites excluding steroid dienone is 4. The number of nitrogens with zero attached hydrogens (tertiary/aromatic N) is 1. The van der Waals surface area contributed by atoms with E-state index >= 15 is 0 Å². The maximum absolute atomic E-state index is 12.9. The third-order valence-corrected chi connectivity index (χ3v) is 17.9. The van der Waals surface area contributed by atoms with E-state index in [4.69, 9.17) is 18.5 Å². The Balaban J connectivity index is 3.96. The summed E-state index contributed by atoms with van der Waals surface area (Å²) in [6.45, 7) is 4.51. The summed E-state index contributed by atoms with van der Waals surface area (Å²) in [6.07, 6.45) is 83.0. The summed E-state index contributed by atoms with van der Waals surface area (Å²) >= 11 is 0. The third kappa shape index (κ3) is 69.6. The van der Waals surface area contributed by atoms with E-state index < -0.39 is 26.5 Å². The number of carbonyl (C=O) groups excluding carboxylic acids is 2. The SMILES string of the molecule is CCCCCCCCCC/C=C\CCCCCCCCCCCCCCCCCCCCCC(=O)OC(COC(=O)CCCCCCCCCCCCCCCCCCC/C=C\CCCCCCCCCC)COP(=O)(O)OCC[N+](C)(C)C. The molecular formula is C74H145NO8P+. The minimum Gasteiger partial charge on any atom is -0.462 e. The fourth-order valence-corrected chi connectivity index (χ4v) is 12.0. The molecule has 0 saturated carbocycles. The first-order valence-electron chi connectivity index (χ1n) is 37.1. The highest BCUT2D eigenvalue weighted by atomic mass is 31.2. The van der Waals surface area contributed by atoms with Gasteiger partial charge in [-0.25, -0.2) is 4.57 Å². The van der Waals surface area contributed by atoms with Crippen LogP contribution in [0.4, 0.5) is 0 Å². The van der Waals surface area contributed by atoms with Crippen LogP contribution in [0.3, 0.4) is 0 Å². The molecule has 1 N–H and O–H groups in total. The minimum absolute atomic E-state index is 0.0356. The van der Waals surface area contributed by atoms with Crippen molar-refractivity contribution < 1.29 is 42.1 Å². The lowest BCUT2D eigenvalue weighted by atomic mass is 10.0. The van der Waals surface area contributed by atoms with Crippen molar-refractivity contribution in [1.29, 1.82) is 0 Å². The summed E-state index contributed by atoms with van der Waals surface area (Å²) in [7, 11) is 1.50. The fraction of sp³-hybridized carbons (Fsp3) is 0.919. The minimum atomic E-state index is -4.39. The van der Waals surface area contributed by atoms with Crippen LogP contribution in [0.1, 0.15) is 386 Å². The molecule has 0 aliphatic rings. The highest BCUT2D eigenvalue weighted by molar-refractivity contribution is 7.47. The van der Waals surface area contributed by atoms with Gasteiger partial charge in [0, 0.05) is 12.8 Å². The quantitative estimate of drug-likeness (QED) is 0.0211. The number of phosphoric ester groups is 1. The lowest BCUT2D eigenvalue weighted by molar-refractivity contribution is -0.870. The second kappa shape index (κ2) is 65.9. The zero-order chi connectivity index (χ0) is 61.2. The number of phosphoric acid groups is 1. The Kier molecular flexibility index (Phi) is 64.7. The van der Waals surface area contributed by atoms with Crippen molar-refractivity contribution in [1.82, 2.24) is 0 Å². The van der Waals surface area contributed by atoms with E-state index in [-0.39, 0.29) is 25.6 Å². The Labute approximate surface area is 523 Å². The topological polar surface area (TPSA) is 108 Å². The first kappa shape index (κ1) is 82.5. The maximum atomic E-state index is 12.9. The Bertz CT molecular complexity index is 1460. The molecule has 0 bridgehead atoms. The zero-order valence-electron chi connectivity index (χ0n) is 56.9.